The lowest BCUT2D eigenvalue weighted by atomic mass is 10.1. The summed E-state index contributed by atoms with van der Waals surface area (Å²) >= 11 is 0. The highest BCUT2D eigenvalue weighted by molar-refractivity contribution is 6.00. The molecule has 0 bridgehead atoms. The molecule has 7 nitrogen and oxygen atoms in total. The Labute approximate surface area is 207 Å². The zero-order valence-electron chi connectivity index (χ0n) is 19.9. The van der Waals surface area contributed by atoms with Gasteiger partial charge in [-0.15, -0.1) is 0 Å². The molecule has 1 saturated heterocycles. The molecule has 0 aliphatic carbocycles. The zero-order chi connectivity index (χ0) is 25.5. The van der Waals surface area contributed by atoms with Crippen LogP contribution in [0.2, 0.25) is 0 Å². The van der Waals surface area contributed by atoms with E-state index in [9.17, 15) is 18.0 Å². The van der Waals surface area contributed by atoms with Crippen molar-refractivity contribution in [1.82, 2.24) is 9.88 Å². The summed E-state index contributed by atoms with van der Waals surface area (Å²) in [6.07, 6.45) is -2.78. The summed E-state index contributed by atoms with van der Waals surface area (Å²) in [6.45, 7) is 5.13. The number of ether oxygens (including phenoxy) is 1. The van der Waals surface area contributed by atoms with E-state index in [4.69, 9.17) is 4.74 Å². The Morgan fingerprint density at radius 3 is 2.39 bits per heavy atom. The first-order valence-corrected chi connectivity index (χ1v) is 11.7. The van der Waals surface area contributed by atoms with Crippen LogP contribution in [0.25, 0.3) is 0 Å². The Balaban J connectivity index is 1.29. The molecule has 0 saturated carbocycles. The number of hydrogen-bond donors (Lipinski definition) is 2. The first kappa shape index (κ1) is 25.3. The molecule has 1 aliphatic heterocycles. The van der Waals surface area contributed by atoms with E-state index in [0.29, 0.717) is 49.9 Å². The van der Waals surface area contributed by atoms with Gasteiger partial charge in [-0.05, 0) is 42.8 Å². The standard InChI is InChI=1S/C26H28F3N5O2/c1-2-36-23-10-6-5-9-22(23)32-25(35)31-20-11-12-24(30-17-20)34-15-13-33(14-16-34)18-19-7-3-4-8-21(19)26(27,28)29/h3-12,17H,2,13-16,18H2,1H3,(H2,31,32,35). The van der Waals surface area contributed by atoms with Gasteiger partial charge in [-0.1, -0.05) is 30.3 Å². The number of anilines is 3. The van der Waals surface area contributed by atoms with Crippen molar-refractivity contribution in [2.75, 3.05) is 48.3 Å². The molecule has 2 N–H and O–H groups in total. The summed E-state index contributed by atoms with van der Waals surface area (Å²) < 4.78 is 45.4. The fraction of sp³-hybridized carbons (Fsp3) is 0.308. The van der Waals surface area contributed by atoms with E-state index in [1.807, 2.05) is 30.0 Å². The van der Waals surface area contributed by atoms with E-state index in [0.717, 1.165) is 11.9 Å². The van der Waals surface area contributed by atoms with Crippen LogP contribution in [0.1, 0.15) is 18.1 Å². The first-order valence-electron chi connectivity index (χ1n) is 11.7. The summed E-state index contributed by atoms with van der Waals surface area (Å²) in [6, 6.07) is 16.1. The second-order valence-electron chi connectivity index (χ2n) is 8.33. The number of alkyl halides is 3. The van der Waals surface area contributed by atoms with Crippen LogP contribution in [0, 0.1) is 0 Å². The maximum atomic E-state index is 13.3. The minimum Gasteiger partial charge on any atom is -0.492 e. The number of amides is 2. The van der Waals surface area contributed by atoms with Crippen molar-refractivity contribution in [3.8, 4) is 5.75 Å². The van der Waals surface area contributed by atoms with Crippen molar-refractivity contribution < 1.29 is 22.7 Å². The number of urea groups is 1. The van der Waals surface area contributed by atoms with Crippen molar-refractivity contribution in [2.24, 2.45) is 0 Å². The minimum absolute atomic E-state index is 0.251. The van der Waals surface area contributed by atoms with Crippen LogP contribution in [0.15, 0.2) is 66.9 Å². The smallest absolute Gasteiger partial charge is 0.416 e. The number of benzene rings is 2. The number of halogens is 3. The molecule has 1 fully saturated rings. The van der Waals surface area contributed by atoms with Crippen LogP contribution >= 0.6 is 0 Å². The number of nitrogens with one attached hydrogen (secondary N) is 2. The zero-order valence-corrected chi connectivity index (χ0v) is 19.9. The lowest BCUT2D eigenvalue weighted by Gasteiger charge is -2.35. The summed E-state index contributed by atoms with van der Waals surface area (Å²) in [4.78, 5) is 21.0. The number of hydrogen-bond acceptors (Lipinski definition) is 5. The lowest BCUT2D eigenvalue weighted by molar-refractivity contribution is -0.138. The maximum Gasteiger partial charge on any atom is 0.416 e. The van der Waals surface area contributed by atoms with Crippen molar-refractivity contribution in [3.05, 3.63) is 78.0 Å². The van der Waals surface area contributed by atoms with Gasteiger partial charge in [0.05, 0.1) is 29.7 Å². The van der Waals surface area contributed by atoms with Gasteiger partial charge in [0.1, 0.15) is 11.6 Å². The van der Waals surface area contributed by atoms with E-state index in [-0.39, 0.29) is 12.1 Å². The largest absolute Gasteiger partial charge is 0.492 e. The third kappa shape index (κ3) is 6.45. The van der Waals surface area contributed by atoms with Crippen molar-refractivity contribution >= 4 is 23.2 Å². The van der Waals surface area contributed by atoms with E-state index in [1.165, 1.54) is 12.1 Å². The van der Waals surface area contributed by atoms with Gasteiger partial charge in [-0.2, -0.15) is 13.2 Å². The number of nitrogens with zero attached hydrogens (tertiary/aromatic N) is 3. The van der Waals surface area contributed by atoms with E-state index in [2.05, 4.69) is 20.5 Å². The molecule has 2 heterocycles. The van der Waals surface area contributed by atoms with Gasteiger partial charge in [0.15, 0.2) is 0 Å². The van der Waals surface area contributed by atoms with Crippen LogP contribution in [-0.2, 0) is 12.7 Å². The molecule has 1 aliphatic rings. The topological polar surface area (TPSA) is 69.7 Å². The molecule has 0 spiro atoms. The van der Waals surface area contributed by atoms with Gasteiger partial charge in [-0.25, -0.2) is 9.78 Å². The lowest BCUT2D eigenvalue weighted by Crippen LogP contribution is -2.46. The predicted octanol–water partition coefficient (Wildman–Crippen LogP) is 5.47. The van der Waals surface area contributed by atoms with Crippen LogP contribution in [-0.4, -0.2) is 48.7 Å². The minimum atomic E-state index is -4.36. The highest BCUT2D eigenvalue weighted by Gasteiger charge is 2.33. The van der Waals surface area contributed by atoms with E-state index in [1.54, 1.807) is 30.5 Å². The predicted molar refractivity (Wildman–Crippen MR) is 133 cm³/mol. The average molecular weight is 500 g/mol. The molecular weight excluding hydrogens is 471 g/mol. The number of carbonyl (C=O) groups excluding carboxylic acids is 1. The Bertz CT molecular complexity index is 1160. The van der Waals surface area contributed by atoms with Gasteiger partial charge >= 0.3 is 12.2 Å². The molecular formula is C26H28F3N5O2. The van der Waals surface area contributed by atoms with Gasteiger partial charge in [0, 0.05) is 32.7 Å². The molecule has 0 atom stereocenters. The van der Waals surface area contributed by atoms with Crippen LogP contribution < -0.4 is 20.3 Å². The molecule has 0 radical (unpaired) electrons. The van der Waals surface area contributed by atoms with Gasteiger partial charge in [-0.3, -0.25) is 4.90 Å². The number of piperazine rings is 1. The highest BCUT2D eigenvalue weighted by atomic mass is 19.4. The van der Waals surface area contributed by atoms with Crippen molar-refractivity contribution in [2.45, 2.75) is 19.6 Å². The van der Waals surface area contributed by atoms with Crippen LogP contribution in [0.3, 0.4) is 0 Å². The molecule has 4 rings (SSSR count). The summed E-state index contributed by atoms with van der Waals surface area (Å²) in [5, 5.41) is 5.53. The fourth-order valence-corrected chi connectivity index (χ4v) is 4.09. The molecule has 190 valence electrons. The number of pyridine rings is 1. The van der Waals surface area contributed by atoms with E-state index >= 15 is 0 Å². The van der Waals surface area contributed by atoms with Crippen molar-refractivity contribution in [1.29, 1.82) is 0 Å². The fourth-order valence-electron chi connectivity index (χ4n) is 4.09. The Kier molecular flexibility index (Phi) is 7.94. The van der Waals surface area contributed by atoms with E-state index < -0.39 is 17.8 Å². The maximum absolute atomic E-state index is 13.3. The average Bonchev–Trinajstić information content (AvgIpc) is 2.86. The first-order chi connectivity index (χ1) is 17.3. The second kappa shape index (κ2) is 11.3. The Hall–Kier alpha value is -3.79. The monoisotopic (exact) mass is 499 g/mol. The second-order valence-corrected chi connectivity index (χ2v) is 8.33. The van der Waals surface area contributed by atoms with Crippen molar-refractivity contribution in [3.63, 3.8) is 0 Å². The van der Waals surface area contributed by atoms with Crippen LogP contribution in [0.5, 0.6) is 5.75 Å². The molecule has 2 aromatic carbocycles. The van der Waals surface area contributed by atoms with Gasteiger partial charge in [0.25, 0.3) is 0 Å². The molecule has 36 heavy (non-hydrogen) atoms. The third-order valence-corrected chi connectivity index (χ3v) is 5.85. The normalized spacial score (nSPS) is 14.4. The summed E-state index contributed by atoms with van der Waals surface area (Å²) in [5.41, 5.74) is 0.807. The van der Waals surface area contributed by atoms with Gasteiger partial charge < -0.3 is 20.3 Å². The number of aromatic nitrogens is 1. The number of rotatable bonds is 7. The highest BCUT2D eigenvalue weighted by Crippen LogP contribution is 2.32. The summed E-state index contributed by atoms with van der Waals surface area (Å²) in [5.74, 6) is 1.34. The SMILES string of the molecule is CCOc1ccccc1NC(=O)Nc1ccc(N2CCN(Cc3ccccc3C(F)(F)F)CC2)nc1. The number of para-hydroxylation sites is 2. The summed E-state index contributed by atoms with van der Waals surface area (Å²) in [7, 11) is 0. The molecule has 0 unspecified atom stereocenters. The van der Waals surface area contributed by atoms with Crippen LogP contribution in [0.4, 0.5) is 35.2 Å². The molecule has 2 amide bonds. The quantitative estimate of drug-likeness (QED) is 0.452. The Morgan fingerprint density at radius 2 is 1.69 bits per heavy atom. The van der Waals surface area contributed by atoms with Gasteiger partial charge in [0.2, 0.25) is 0 Å². The third-order valence-electron chi connectivity index (χ3n) is 5.85. The Morgan fingerprint density at radius 1 is 0.972 bits per heavy atom. The molecule has 10 heteroatoms. The molecule has 1 aromatic heterocycles. The number of carbonyl (C=O) groups is 1. The molecule has 3 aromatic rings.